The number of nitrogens with one attached hydrogen (secondary N) is 1. The van der Waals surface area contributed by atoms with Crippen LogP contribution in [-0.2, 0) is 24.6 Å². The molecule has 0 aromatic heterocycles. The van der Waals surface area contributed by atoms with Gasteiger partial charge in [0.2, 0.25) is 5.91 Å². The molecule has 0 radical (unpaired) electrons. The van der Waals surface area contributed by atoms with E-state index in [1.807, 2.05) is 54.6 Å². The molecule has 1 atom stereocenters. The molecule has 5 rings (SSSR count). The maximum absolute atomic E-state index is 12.9. The first kappa shape index (κ1) is 32.1. The Morgan fingerprint density at radius 3 is 2.58 bits per heavy atom. The van der Waals surface area contributed by atoms with Crippen LogP contribution in [0.4, 0.5) is 0 Å². The fourth-order valence-corrected chi connectivity index (χ4v) is 6.00. The Kier molecular flexibility index (Phi) is 11.1. The maximum Gasteiger partial charge on any atom is 0.237 e. The molecule has 0 spiro atoms. The monoisotopic (exact) mass is 623 g/mol. The van der Waals surface area contributed by atoms with Gasteiger partial charge in [-0.1, -0.05) is 78.7 Å². The van der Waals surface area contributed by atoms with E-state index in [0.29, 0.717) is 35.2 Å². The first-order chi connectivity index (χ1) is 22.0. The second-order valence-electron chi connectivity index (χ2n) is 11.2. The van der Waals surface area contributed by atoms with Crippen LogP contribution >= 0.6 is 11.6 Å². The predicted octanol–water partition coefficient (Wildman–Crippen LogP) is 6.81. The maximum atomic E-state index is 12.9. The molecule has 1 aliphatic heterocycles. The van der Waals surface area contributed by atoms with Crippen molar-refractivity contribution in [2.75, 3.05) is 19.7 Å². The Morgan fingerprint density at radius 2 is 1.78 bits per heavy atom. The zero-order valence-corrected chi connectivity index (χ0v) is 26.2. The van der Waals surface area contributed by atoms with E-state index < -0.39 is 0 Å². The van der Waals surface area contributed by atoms with E-state index >= 15 is 0 Å². The van der Waals surface area contributed by atoms with Gasteiger partial charge in [-0.2, -0.15) is 5.26 Å². The number of benzene rings is 4. The lowest BCUT2D eigenvalue weighted by Gasteiger charge is -2.35. The number of hydrogen-bond acceptors (Lipinski definition) is 6. The van der Waals surface area contributed by atoms with Crippen LogP contribution < -0.4 is 14.8 Å². The summed E-state index contributed by atoms with van der Waals surface area (Å²) in [5.74, 6) is 1.02. The molecule has 4 aromatic carbocycles. The van der Waals surface area contributed by atoms with Gasteiger partial charge in [-0.25, -0.2) is 0 Å². The van der Waals surface area contributed by atoms with Crippen LogP contribution in [-0.4, -0.2) is 41.7 Å². The molecule has 0 aliphatic carbocycles. The summed E-state index contributed by atoms with van der Waals surface area (Å²) in [4.78, 5) is 15.1. The second kappa shape index (κ2) is 15.6. The van der Waals surface area contributed by atoms with Gasteiger partial charge >= 0.3 is 0 Å². The van der Waals surface area contributed by atoms with Gasteiger partial charge < -0.3 is 19.9 Å². The number of halogens is 1. The average Bonchev–Trinajstić information content (AvgIpc) is 3.07. The van der Waals surface area contributed by atoms with Gasteiger partial charge in [0, 0.05) is 24.7 Å². The third-order valence-corrected chi connectivity index (χ3v) is 8.48. The summed E-state index contributed by atoms with van der Waals surface area (Å²) in [6, 6.07) is 29.4. The third-order valence-electron chi connectivity index (χ3n) is 8.18. The number of likely N-dealkylation sites (tertiary alicyclic amines) is 1. The van der Waals surface area contributed by atoms with Crippen molar-refractivity contribution < 1.29 is 19.4 Å². The fraction of sp³-hybridized carbons (Fsp3) is 0.297. The zero-order chi connectivity index (χ0) is 31.6. The molecule has 1 heterocycles. The van der Waals surface area contributed by atoms with Crippen LogP contribution in [0.5, 0.6) is 11.5 Å². The number of hydrogen-bond donors (Lipinski definition) is 2. The summed E-state index contributed by atoms with van der Waals surface area (Å²) in [5.41, 5.74) is 6.77. The number of aliphatic hydroxyl groups is 1. The predicted molar refractivity (Wildman–Crippen MR) is 176 cm³/mol. The molecule has 2 N–H and O–H groups in total. The molecule has 1 fully saturated rings. The van der Waals surface area contributed by atoms with Crippen molar-refractivity contribution in [2.24, 2.45) is 0 Å². The third kappa shape index (κ3) is 8.23. The highest BCUT2D eigenvalue weighted by Gasteiger charge is 2.29. The molecule has 232 valence electrons. The van der Waals surface area contributed by atoms with E-state index in [-0.39, 0.29) is 31.7 Å². The molecule has 0 bridgehead atoms. The van der Waals surface area contributed by atoms with E-state index in [1.54, 1.807) is 6.07 Å². The van der Waals surface area contributed by atoms with E-state index in [2.05, 4.69) is 47.5 Å². The summed E-state index contributed by atoms with van der Waals surface area (Å²) in [6.45, 7) is 4.02. The Bertz CT molecular complexity index is 1650. The van der Waals surface area contributed by atoms with Crippen LogP contribution in [0, 0.1) is 18.3 Å². The van der Waals surface area contributed by atoms with Crippen LogP contribution in [0.2, 0.25) is 5.02 Å². The van der Waals surface area contributed by atoms with Crippen molar-refractivity contribution in [1.29, 1.82) is 5.26 Å². The number of amides is 1. The quantitative estimate of drug-likeness (QED) is 0.180. The molecule has 1 unspecified atom stereocenters. The van der Waals surface area contributed by atoms with Gasteiger partial charge in [-0.15, -0.1) is 0 Å². The lowest BCUT2D eigenvalue weighted by molar-refractivity contribution is -0.128. The molecule has 8 heteroatoms. The number of carbonyl (C=O) groups excluding carboxylic acids is 1. The van der Waals surface area contributed by atoms with Crippen molar-refractivity contribution in [3.8, 4) is 28.7 Å². The summed E-state index contributed by atoms with van der Waals surface area (Å²) >= 11 is 6.83. The van der Waals surface area contributed by atoms with Crippen LogP contribution in [0.3, 0.4) is 0 Å². The summed E-state index contributed by atoms with van der Waals surface area (Å²) in [6.07, 6.45) is 2.69. The zero-order valence-electron chi connectivity index (χ0n) is 25.5. The number of nitrogens with zero attached hydrogens (tertiary/aromatic N) is 2. The molecule has 0 saturated carbocycles. The van der Waals surface area contributed by atoms with Crippen molar-refractivity contribution in [1.82, 2.24) is 10.2 Å². The molecule has 4 aromatic rings. The number of ether oxygens (including phenoxy) is 2. The van der Waals surface area contributed by atoms with E-state index in [0.717, 1.165) is 59.2 Å². The Balaban J connectivity index is 1.40. The Labute approximate surface area is 270 Å². The van der Waals surface area contributed by atoms with Gasteiger partial charge in [-0.05, 0) is 72.3 Å². The van der Waals surface area contributed by atoms with Crippen molar-refractivity contribution >= 4 is 17.5 Å². The minimum atomic E-state index is -0.306. The van der Waals surface area contributed by atoms with Gasteiger partial charge in [0.25, 0.3) is 0 Å². The SMILES string of the molecule is Cc1c(COc2cc(OCc3cccc(C#N)c3)c(CN3CCCCC3C(=O)NCCO)cc2Cl)cccc1-c1ccccc1. The topological polar surface area (TPSA) is 94.8 Å². The first-order valence-corrected chi connectivity index (χ1v) is 15.7. The minimum absolute atomic E-state index is 0.0845. The fourth-order valence-electron chi connectivity index (χ4n) is 5.75. The Morgan fingerprint density at radius 1 is 0.978 bits per heavy atom. The number of rotatable bonds is 12. The molecule has 1 aliphatic rings. The normalized spacial score (nSPS) is 14.8. The smallest absolute Gasteiger partial charge is 0.237 e. The number of carbonyl (C=O) groups is 1. The standard InChI is InChI=1S/C37H38ClN3O4/c1-26-30(13-8-14-32(26)29-11-3-2-4-12-29)25-45-36-21-35(44-24-28-10-7-9-27(19-28)22-39)31(20-33(36)38)23-41-17-6-5-15-34(41)37(43)40-16-18-42/h2-4,7-14,19-21,34,42H,5-6,15-18,23-25H2,1H3,(H,40,43). The van der Waals surface area contributed by atoms with E-state index in [4.69, 9.17) is 21.1 Å². The average molecular weight is 624 g/mol. The second-order valence-corrected chi connectivity index (χ2v) is 11.6. The molecule has 45 heavy (non-hydrogen) atoms. The lowest BCUT2D eigenvalue weighted by atomic mass is 9.97. The molecule has 1 saturated heterocycles. The van der Waals surface area contributed by atoms with Crippen LogP contribution in [0.1, 0.15) is 47.1 Å². The number of piperidine rings is 1. The highest BCUT2D eigenvalue weighted by molar-refractivity contribution is 6.32. The number of aliphatic hydroxyl groups excluding tert-OH is 1. The van der Waals surface area contributed by atoms with Gasteiger partial charge in [0.1, 0.15) is 24.7 Å². The highest BCUT2D eigenvalue weighted by Crippen LogP contribution is 2.36. The first-order valence-electron chi connectivity index (χ1n) is 15.3. The van der Waals surface area contributed by atoms with Crippen molar-refractivity contribution in [2.45, 2.75) is 52.0 Å². The molecule has 7 nitrogen and oxygen atoms in total. The minimum Gasteiger partial charge on any atom is -0.488 e. The molecular formula is C37H38ClN3O4. The summed E-state index contributed by atoms with van der Waals surface area (Å²) in [7, 11) is 0. The molecular weight excluding hydrogens is 586 g/mol. The summed E-state index contributed by atoms with van der Waals surface area (Å²) in [5, 5.41) is 21.8. The van der Waals surface area contributed by atoms with Gasteiger partial charge in [-0.3, -0.25) is 9.69 Å². The van der Waals surface area contributed by atoms with Gasteiger partial charge in [0.15, 0.2) is 0 Å². The highest BCUT2D eigenvalue weighted by atomic mass is 35.5. The van der Waals surface area contributed by atoms with Crippen molar-refractivity contribution in [3.63, 3.8) is 0 Å². The lowest BCUT2D eigenvalue weighted by Crippen LogP contribution is -2.49. The molecule has 1 amide bonds. The van der Waals surface area contributed by atoms with Crippen molar-refractivity contribution in [3.05, 3.63) is 118 Å². The van der Waals surface area contributed by atoms with Crippen LogP contribution in [0.15, 0.2) is 84.9 Å². The Hall–Kier alpha value is -4.35. The van der Waals surface area contributed by atoms with Gasteiger partial charge in [0.05, 0.1) is 29.3 Å². The van der Waals surface area contributed by atoms with E-state index in [1.165, 1.54) is 0 Å². The number of nitriles is 1. The van der Waals surface area contributed by atoms with Crippen LogP contribution in [0.25, 0.3) is 11.1 Å². The summed E-state index contributed by atoms with van der Waals surface area (Å²) < 4.78 is 12.7. The van der Waals surface area contributed by atoms with E-state index in [9.17, 15) is 15.2 Å². The largest absolute Gasteiger partial charge is 0.488 e.